The molecular weight excluding hydrogens is 384 g/mol. The van der Waals surface area contributed by atoms with Gasteiger partial charge >= 0.3 is 0 Å². The second kappa shape index (κ2) is 7.53. The molecule has 5 nitrogen and oxygen atoms in total. The van der Waals surface area contributed by atoms with Crippen LogP contribution in [0.5, 0.6) is 0 Å². The van der Waals surface area contributed by atoms with E-state index in [0.717, 1.165) is 5.56 Å². The molecule has 0 aliphatic heterocycles. The minimum atomic E-state index is -0.157. The molecule has 0 atom stereocenters. The Morgan fingerprint density at radius 2 is 2.08 bits per heavy atom. The topological polar surface area (TPSA) is 64.2 Å². The molecule has 0 bridgehead atoms. The summed E-state index contributed by atoms with van der Waals surface area (Å²) in [5.74, 6) is 0.550. The van der Waals surface area contributed by atoms with Crippen molar-refractivity contribution >= 4 is 21.8 Å². The van der Waals surface area contributed by atoms with Crippen LogP contribution < -0.4 is 10.7 Å². The highest BCUT2D eigenvalue weighted by Gasteiger charge is 2.08. The monoisotopic (exact) mass is 400 g/mol. The van der Waals surface area contributed by atoms with Crippen LogP contribution in [0, 0.1) is 6.92 Å². The Morgan fingerprint density at radius 1 is 1.24 bits per heavy atom. The van der Waals surface area contributed by atoms with Gasteiger partial charge in [-0.15, -0.1) is 0 Å². The summed E-state index contributed by atoms with van der Waals surface area (Å²) in [6, 6.07) is 11.0. The molecule has 0 radical (unpaired) electrons. The van der Waals surface area contributed by atoms with Gasteiger partial charge in [0.15, 0.2) is 5.43 Å². The number of nitrogens with zero attached hydrogens (tertiary/aromatic N) is 1. The van der Waals surface area contributed by atoms with Gasteiger partial charge in [-0.25, -0.2) is 0 Å². The Bertz CT molecular complexity index is 919. The molecule has 6 heteroatoms. The van der Waals surface area contributed by atoms with E-state index in [1.165, 1.54) is 0 Å². The first-order valence-electron chi connectivity index (χ1n) is 7.78. The smallest absolute Gasteiger partial charge is 0.251 e. The molecular formula is C19H17BrN2O3. The summed E-state index contributed by atoms with van der Waals surface area (Å²) in [4.78, 5) is 24.1. The van der Waals surface area contributed by atoms with Crippen molar-refractivity contribution in [1.29, 1.82) is 0 Å². The van der Waals surface area contributed by atoms with Crippen molar-refractivity contribution in [2.24, 2.45) is 0 Å². The summed E-state index contributed by atoms with van der Waals surface area (Å²) in [5, 5.41) is 2.83. The molecule has 0 saturated carbocycles. The number of halogens is 1. The van der Waals surface area contributed by atoms with Gasteiger partial charge in [-0.3, -0.25) is 9.59 Å². The average molecular weight is 401 g/mol. The molecule has 0 saturated heterocycles. The van der Waals surface area contributed by atoms with Gasteiger partial charge < -0.3 is 14.3 Å². The third kappa shape index (κ3) is 4.28. The van der Waals surface area contributed by atoms with Crippen molar-refractivity contribution in [2.75, 3.05) is 0 Å². The lowest BCUT2D eigenvalue weighted by Crippen LogP contribution is -2.22. The summed E-state index contributed by atoms with van der Waals surface area (Å²) >= 11 is 3.28. The van der Waals surface area contributed by atoms with E-state index in [2.05, 4.69) is 21.2 Å². The Kier molecular flexibility index (Phi) is 5.19. The molecule has 1 aromatic carbocycles. The number of hydrogen-bond donors (Lipinski definition) is 1. The lowest BCUT2D eigenvalue weighted by atomic mass is 10.1. The molecule has 0 spiro atoms. The van der Waals surface area contributed by atoms with Crippen molar-refractivity contribution in [3.8, 4) is 0 Å². The van der Waals surface area contributed by atoms with E-state index < -0.39 is 0 Å². The fraction of sp³-hybridized carbons (Fsp3) is 0.158. The third-order valence-electron chi connectivity index (χ3n) is 3.77. The van der Waals surface area contributed by atoms with Crippen molar-refractivity contribution in [3.63, 3.8) is 0 Å². The number of carbonyl (C=O) groups is 1. The molecule has 2 heterocycles. The molecule has 2 aromatic heterocycles. The zero-order valence-electron chi connectivity index (χ0n) is 13.7. The van der Waals surface area contributed by atoms with Gasteiger partial charge in [0, 0.05) is 30.1 Å². The Labute approximate surface area is 153 Å². The fourth-order valence-corrected chi connectivity index (χ4v) is 3.11. The number of hydrogen-bond acceptors (Lipinski definition) is 3. The number of nitrogens with one attached hydrogen (secondary N) is 1. The van der Waals surface area contributed by atoms with Gasteiger partial charge in [-0.05, 0) is 52.7 Å². The van der Waals surface area contributed by atoms with E-state index in [9.17, 15) is 9.59 Å². The first-order valence-corrected chi connectivity index (χ1v) is 8.58. The fourth-order valence-electron chi connectivity index (χ4n) is 2.53. The first kappa shape index (κ1) is 17.2. The van der Waals surface area contributed by atoms with E-state index in [-0.39, 0.29) is 11.3 Å². The Balaban J connectivity index is 1.73. The molecule has 0 aliphatic carbocycles. The summed E-state index contributed by atoms with van der Waals surface area (Å²) in [7, 11) is 0. The zero-order valence-corrected chi connectivity index (χ0v) is 15.2. The lowest BCUT2D eigenvalue weighted by Gasteiger charge is -2.10. The molecule has 1 amide bonds. The summed E-state index contributed by atoms with van der Waals surface area (Å²) < 4.78 is 7.65. The van der Waals surface area contributed by atoms with Gasteiger partial charge in [-0.2, -0.15) is 0 Å². The quantitative estimate of drug-likeness (QED) is 0.712. The minimum Gasteiger partial charge on any atom is -0.467 e. The maximum Gasteiger partial charge on any atom is 0.251 e. The highest BCUT2D eigenvalue weighted by atomic mass is 79.9. The normalized spacial score (nSPS) is 10.6. The maximum absolute atomic E-state index is 12.3. The molecule has 128 valence electrons. The number of amides is 1. The number of benzene rings is 1. The van der Waals surface area contributed by atoms with Crippen LogP contribution in [-0.4, -0.2) is 10.5 Å². The highest BCUT2D eigenvalue weighted by Crippen LogP contribution is 2.11. The number of rotatable bonds is 5. The number of aryl methyl sites for hydroxylation is 1. The predicted octanol–water partition coefficient (Wildman–Crippen LogP) is 3.49. The minimum absolute atomic E-state index is 0.0118. The first-order chi connectivity index (χ1) is 12.0. The lowest BCUT2D eigenvalue weighted by molar-refractivity contribution is 0.0948. The number of pyridine rings is 1. The van der Waals surface area contributed by atoms with Gasteiger partial charge in [0.2, 0.25) is 0 Å². The van der Waals surface area contributed by atoms with Crippen LogP contribution in [0.1, 0.15) is 27.2 Å². The average Bonchev–Trinajstić information content (AvgIpc) is 3.11. The highest BCUT2D eigenvalue weighted by molar-refractivity contribution is 9.10. The van der Waals surface area contributed by atoms with Crippen molar-refractivity contribution in [1.82, 2.24) is 9.88 Å². The predicted molar refractivity (Wildman–Crippen MR) is 98.6 cm³/mol. The van der Waals surface area contributed by atoms with E-state index in [1.807, 2.05) is 28.8 Å². The second-order valence-electron chi connectivity index (χ2n) is 5.75. The van der Waals surface area contributed by atoms with E-state index in [1.54, 1.807) is 37.7 Å². The van der Waals surface area contributed by atoms with Crippen LogP contribution in [0.25, 0.3) is 0 Å². The maximum atomic E-state index is 12.3. The van der Waals surface area contributed by atoms with Crippen LogP contribution in [-0.2, 0) is 13.1 Å². The van der Waals surface area contributed by atoms with Crippen molar-refractivity contribution in [3.05, 3.63) is 92.2 Å². The molecule has 25 heavy (non-hydrogen) atoms. The Hall–Kier alpha value is -2.60. The van der Waals surface area contributed by atoms with Gasteiger partial charge in [0.1, 0.15) is 5.76 Å². The van der Waals surface area contributed by atoms with Crippen LogP contribution in [0.4, 0.5) is 0 Å². The van der Waals surface area contributed by atoms with E-state index in [0.29, 0.717) is 34.4 Å². The zero-order chi connectivity index (χ0) is 17.8. The summed E-state index contributed by atoms with van der Waals surface area (Å²) in [5.41, 5.74) is 2.21. The van der Waals surface area contributed by atoms with Gasteiger partial charge in [0.05, 0.1) is 17.3 Å². The number of furan rings is 1. The summed E-state index contributed by atoms with van der Waals surface area (Å²) in [6.07, 6.45) is 5.13. The number of aromatic nitrogens is 1. The third-order valence-corrected chi connectivity index (χ3v) is 4.34. The van der Waals surface area contributed by atoms with Crippen molar-refractivity contribution in [2.45, 2.75) is 20.0 Å². The number of carbonyl (C=O) groups excluding carboxylic acids is 1. The molecule has 3 rings (SSSR count). The van der Waals surface area contributed by atoms with E-state index in [4.69, 9.17) is 4.42 Å². The van der Waals surface area contributed by atoms with Crippen LogP contribution in [0.3, 0.4) is 0 Å². The molecule has 0 unspecified atom stereocenters. The molecule has 0 fully saturated rings. The Morgan fingerprint density at radius 3 is 2.80 bits per heavy atom. The molecule has 1 N–H and O–H groups in total. The second-order valence-corrected chi connectivity index (χ2v) is 6.61. The standard InChI is InChI=1S/C19H17BrN2O3/c1-13-10-22(12-17(20)18(13)23)11-14-4-2-5-15(8-14)19(24)21-9-16-6-3-7-25-16/h2-8,10,12H,9,11H2,1H3,(H,21,24). The van der Waals surface area contributed by atoms with Crippen molar-refractivity contribution < 1.29 is 9.21 Å². The van der Waals surface area contributed by atoms with Crippen LogP contribution in [0.2, 0.25) is 0 Å². The van der Waals surface area contributed by atoms with E-state index >= 15 is 0 Å². The van der Waals surface area contributed by atoms with Crippen LogP contribution in [0.15, 0.2) is 68.7 Å². The SMILES string of the molecule is Cc1cn(Cc2cccc(C(=O)NCc3ccco3)c2)cc(Br)c1=O. The van der Waals surface area contributed by atoms with Gasteiger partial charge in [-0.1, -0.05) is 12.1 Å². The van der Waals surface area contributed by atoms with Gasteiger partial charge in [0.25, 0.3) is 5.91 Å². The molecule has 0 aliphatic rings. The van der Waals surface area contributed by atoms with Crippen LogP contribution >= 0.6 is 15.9 Å². The largest absolute Gasteiger partial charge is 0.467 e. The molecule has 3 aromatic rings. The summed E-state index contributed by atoms with van der Waals surface area (Å²) in [6.45, 7) is 2.70.